The van der Waals surface area contributed by atoms with Gasteiger partial charge in [0.2, 0.25) is 5.91 Å². The number of carbonyl (C=O) groups is 2. The van der Waals surface area contributed by atoms with E-state index in [0.717, 1.165) is 31.5 Å². The Morgan fingerprint density at radius 1 is 1.31 bits per heavy atom. The molecule has 26 heavy (non-hydrogen) atoms. The van der Waals surface area contributed by atoms with Gasteiger partial charge in [-0.15, -0.1) is 10.2 Å². The zero-order valence-corrected chi connectivity index (χ0v) is 14.6. The molecule has 0 aromatic carbocycles. The minimum atomic E-state index is -0.454. The van der Waals surface area contributed by atoms with Gasteiger partial charge in [0.15, 0.2) is 11.5 Å². The van der Waals surface area contributed by atoms with Crippen LogP contribution in [0.1, 0.15) is 31.4 Å². The number of urea groups is 1. The zero-order chi connectivity index (χ0) is 18.3. The Bertz CT molecular complexity index is 745. The molecule has 9 nitrogen and oxygen atoms in total. The van der Waals surface area contributed by atoms with Crippen molar-refractivity contribution in [2.45, 2.75) is 49.9 Å². The van der Waals surface area contributed by atoms with Crippen molar-refractivity contribution >= 4 is 17.8 Å². The lowest BCUT2D eigenvalue weighted by atomic mass is 9.95. The van der Waals surface area contributed by atoms with E-state index in [1.165, 1.54) is 0 Å². The van der Waals surface area contributed by atoms with Crippen LogP contribution in [0.5, 0.6) is 0 Å². The van der Waals surface area contributed by atoms with Crippen LogP contribution in [0.25, 0.3) is 0 Å². The van der Waals surface area contributed by atoms with Crippen LogP contribution in [0.15, 0.2) is 12.1 Å². The molecule has 0 saturated carbocycles. The van der Waals surface area contributed by atoms with Crippen molar-refractivity contribution in [2.24, 2.45) is 0 Å². The average molecular weight is 355 g/mol. The number of anilines is 1. The highest BCUT2D eigenvalue weighted by Gasteiger charge is 2.46. The van der Waals surface area contributed by atoms with Gasteiger partial charge in [-0.1, -0.05) is 0 Å². The molecule has 2 bridgehead atoms. The molecule has 3 aliphatic heterocycles. The molecule has 2 N–H and O–H groups in total. The molecule has 2 unspecified atom stereocenters. The third-order valence-electron chi connectivity index (χ3n) is 5.71. The molecule has 3 saturated heterocycles. The fraction of sp³-hybridized carbons (Fsp3) is 0.588. The van der Waals surface area contributed by atoms with Gasteiger partial charge < -0.3 is 20.4 Å². The van der Waals surface area contributed by atoms with Crippen molar-refractivity contribution in [3.8, 4) is 6.07 Å². The predicted octanol–water partition coefficient (Wildman–Crippen LogP) is -0.0121. The largest absolute Gasteiger partial charge is 0.355 e. The van der Waals surface area contributed by atoms with E-state index in [0.29, 0.717) is 12.2 Å². The fourth-order valence-corrected chi connectivity index (χ4v) is 4.37. The minimum absolute atomic E-state index is 0.0233. The van der Waals surface area contributed by atoms with Crippen LogP contribution in [0, 0.1) is 11.3 Å². The lowest BCUT2D eigenvalue weighted by molar-refractivity contribution is -0.137. The van der Waals surface area contributed by atoms with Crippen molar-refractivity contribution in [3.05, 3.63) is 17.8 Å². The number of nitriles is 1. The van der Waals surface area contributed by atoms with E-state index in [1.54, 1.807) is 6.07 Å². The van der Waals surface area contributed by atoms with Crippen molar-refractivity contribution in [2.75, 3.05) is 18.5 Å². The van der Waals surface area contributed by atoms with E-state index >= 15 is 0 Å². The lowest BCUT2D eigenvalue weighted by Crippen LogP contribution is -2.56. The van der Waals surface area contributed by atoms with Gasteiger partial charge in [-0.3, -0.25) is 4.79 Å². The monoisotopic (exact) mass is 355 g/mol. The molecule has 3 atom stereocenters. The number of rotatable bonds is 3. The van der Waals surface area contributed by atoms with Crippen LogP contribution in [0.3, 0.4) is 0 Å². The number of fused-ring (bicyclic) bond motifs is 2. The number of piperidine rings is 1. The van der Waals surface area contributed by atoms with Gasteiger partial charge in [-0.2, -0.15) is 5.26 Å². The summed E-state index contributed by atoms with van der Waals surface area (Å²) in [6.07, 6.45) is 3.73. The molecule has 136 valence electrons. The molecule has 3 fully saturated rings. The van der Waals surface area contributed by atoms with E-state index in [2.05, 4.69) is 25.7 Å². The maximum absolute atomic E-state index is 12.8. The number of nitrogens with one attached hydrogen (secondary N) is 2. The molecule has 1 aromatic rings. The van der Waals surface area contributed by atoms with Gasteiger partial charge in [-0.25, -0.2) is 4.79 Å². The summed E-state index contributed by atoms with van der Waals surface area (Å²) in [6, 6.07) is 5.38. The first-order chi connectivity index (χ1) is 12.6. The van der Waals surface area contributed by atoms with Crippen LogP contribution in [-0.2, 0) is 4.79 Å². The summed E-state index contributed by atoms with van der Waals surface area (Å²) in [4.78, 5) is 28.2. The molecule has 1 aromatic heterocycles. The first-order valence-corrected chi connectivity index (χ1v) is 8.90. The van der Waals surface area contributed by atoms with E-state index in [-0.39, 0.29) is 30.1 Å². The van der Waals surface area contributed by atoms with Crippen LogP contribution in [-0.4, -0.2) is 64.8 Å². The van der Waals surface area contributed by atoms with Gasteiger partial charge in [0.05, 0.1) is 0 Å². The van der Waals surface area contributed by atoms with Crippen molar-refractivity contribution in [3.63, 3.8) is 0 Å². The number of carbonyl (C=O) groups excluding carboxylic acids is 2. The molecule has 3 amide bonds. The lowest BCUT2D eigenvalue weighted by Gasteiger charge is -2.43. The molecule has 0 radical (unpaired) electrons. The number of hydrogen-bond donors (Lipinski definition) is 2. The summed E-state index contributed by atoms with van der Waals surface area (Å²) < 4.78 is 0. The number of nitrogens with zero attached hydrogens (tertiary/aromatic N) is 5. The number of hydrogen-bond acceptors (Lipinski definition) is 6. The maximum Gasteiger partial charge on any atom is 0.315 e. The molecular weight excluding hydrogens is 334 g/mol. The van der Waals surface area contributed by atoms with Crippen LogP contribution in [0.2, 0.25) is 0 Å². The Morgan fingerprint density at radius 3 is 2.58 bits per heavy atom. The zero-order valence-electron chi connectivity index (χ0n) is 14.6. The molecular formula is C17H21N7O2. The topological polar surface area (TPSA) is 114 Å². The third-order valence-corrected chi connectivity index (χ3v) is 5.71. The van der Waals surface area contributed by atoms with E-state index < -0.39 is 6.04 Å². The summed E-state index contributed by atoms with van der Waals surface area (Å²) in [7, 11) is 1.98. The summed E-state index contributed by atoms with van der Waals surface area (Å²) in [5, 5.41) is 22.2. The second kappa shape index (κ2) is 6.44. The Hall–Kier alpha value is -2.89. The number of aromatic nitrogens is 2. The van der Waals surface area contributed by atoms with Gasteiger partial charge in [-0.05, 0) is 37.8 Å². The van der Waals surface area contributed by atoms with Crippen molar-refractivity contribution < 1.29 is 9.59 Å². The smallest absolute Gasteiger partial charge is 0.315 e. The minimum Gasteiger partial charge on any atom is -0.355 e. The summed E-state index contributed by atoms with van der Waals surface area (Å²) >= 11 is 0. The van der Waals surface area contributed by atoms with E-state index in [1.807, 2.05) is 24.1 Å². The molecule has 0 aliphatic carbocycles. The standard InChI is InChI=1S/C17H21N7O2/c1-23(15-5-2-10(8-18)21-22-15)13-6-11-3-4-12(7-13)24(11)16(25)14-9-19-17(26)20-14/h2,5,11-14H,3-4,6-7,9H2,1H3,(H2,19,20,26)/t11?,12?,13?,14-/m0/s1. The molecule has 4 rings (SSSR count). The Balaban J connectivity index is 1.45. The van der Waals surface area contributed by atoms with Crippen molar-refractivity contribution in [1.29, 1.82) is 5.26 Å². The molecule has 9 heteroatoms. The highest BCUT2D eigenvalue weighted by Crippen LogP contribution is 2.38. The Kier molecular flexibility index (Phi) is 4.11. The van der Waals surface area contributed by atoms with Crippen molar-refractivity contribution in [1.82, 2.24) is 25.7 Å². The van der Waals surface area contributed by atoms with E-state index in [9.17, 15) is 9.59 Å². The second-order valence-corrected chi connectivity index (χ2v) is 7.16. The normalized spacial score (nSPS) is 29.7. The molecule has 0 spiro atoms. The highest BCUT2D eigenvalue weighted by atomic mass is 16.2. The predicted molar refractivity (Wildman–Crippen MR) is 92.2 cm³/mol. The van der Waals surface area contributed by atoms with Crippen LogP contribution >= 0.6 is 0 Å². The fourth-order valence-electron chi connectivity index (χ4n) is 4.37. The molecule has 4 heterocycles. The second-order valence-electron chi connectivity index (χ2n) is 7.16. The summed E-state index contributed by atoms with van der Waals surface area (Å²) in [5.41, 5.74) is 0.301. The van der Waals surface area contributed by atoms with E-state index in [4.69, 9.17) is 5.26 Å². The Morgan fingerprint density at radius 2 is 2.04 bits per heavy atom. The Labute approximate surface area is 151 Å². The van der Waals surface area contributed by atoms with Gasteiger partial charge in [0.1, 0.15) is 12.1 Å². The highest BCUT2D eigenvalue weighted by molar-refractivity contribution is 5.91. The van der Waals surface area contributed by atoms with Gasteiger partial charge in [0, 0.05) is 31.7 Å². The van der Waals surface area contributed by atoms with Gasteiger partial charge in [0.25, 0.3) is 0 Å². The average Bonchev–Trinajstić information content (AvgIpc) is 3.21. The SMILES string of the molecule is CN(c1ccc(C#N)nn1)C1CC2CCC(C1)N2C(=O)[C@@H]1CNC(=O)N1. The molecule has 3 aliphatic rings. The number of amides is 3. The first kappa shape index (κ1) is 16.6. The van der Waals surface area contributed by atoms with Crippen LogP contribution < -0.4 is 15.5 Å². The first-order valence-electron chi connectivity index (χ1n) is 8.90. The summed E-state index contributed by atoms with van der Waals surface area (Å²) in [5.74, 6) is 0.760. The quantitative estimate of drug-likeness (QED) is 0.788. The maximum atomic E-state index is 12.8. The van der Waals surface area contributed by atoms with Crippen LogP contribution in [0.4, 0.5) is 10.6 Å². The third kappa shape index (κ3) is 2.81. The summed E-state index contributed by atoms with van der Waals surface area (Å²) in [6.45, 7) is 0.359. The van der Waals surface area contributed by atoms with Gasteiger partial charge >= 0.3 is 6.03 Å².